The summed E-state index contributed by atoms with van der Waals surface area (Å²) in [4.78, 5) is 7.63. The molecule has 5 rings (SSSR count). The highest BCUT2D eigenvalue weighted by molar-refractivity contribution is 7.99. The lowest BCUT2D eigenvalue weighted by atomic mass is 9.90. The molecule has 3 aromatic rings. The maximum atomic E-state index is 6.27. The van der Waals surface area contributed by atoms with Gasteiger partial charge in [-0.25, -0.2) is 0 Å². The summed E-state index contributed by atoms with van der Waals surface area (Å²) in [5.41, 5.74) is 3.13. The van der Waals surface area contributed by atoms with Gasteiger partial charge in [-0.05, 0) is 41.8 Å². The number of hydrogen-bond acceptors (Lipinski definition) is 4. The number of halogens is 1. The van der Waals surface area contributed by atoms with Crippen molar-refractivity contribution in [2.45, 2.75) is 10.1 Å². The highest BCUT2D eigenvalue weighted by Gasteiger charge is 2.37. The maximum Gasteiger partial charge on any atom is 0.128 e. The number of rotatable bonds is 1. The van der Waals surface area contributed by atoms with Gasteiger partial charge in [-0.1, -0.05) is 29.8 Å². The number of para-hydroxylation sites is 1. The minimum atomic E-state index is 0.196. The molecule has 0 amide bonds. The van der Waals surface area contributed by atoms with E-state index in [-0.39, 0.29) is 11.2 Å². The van der Waals surface area contributed by atoms with E-state index in [9.17, 15) is 0 Å². The van der Waals surface area contributed by atoms with Crippen molar-refractivity contribution >= 4 is 46.1 Å². The number of benzene rings is 2. The molecule has 0 radical (unpaired) electrons. The second-order valence-corrected chi connectivity index (χ2v) is 8.68. The molecule has 1 aromatic heterocycles. The van der Waals surface area contributed by atoms with Gasteiger partial charge in [0, 0.05) is 20.4 Å². The van der Waals surface area contributed by atoms with Gasteiger partial charge in [-0.3, -0.25) is 4.99 Å². The zero-order chi connectivity index (χ0) is 16.8. The maximum absolute atomic E-state index is 6.27. The number of thioether (sulfide) groups is 1. The van der Waals surface area contributed by atoms with Gasteiger partial charge in [0.15, 0.2) is 0 Å². The average Bonchev–Trinajstić information content (AvgIpc) is 3.10. The Labute approximate surface area is 159 Å². The summed E-state index contributed by atoms with van der Waals surface area (Å²) in [5.74, 6) is 1.07. The first-order valence-electron chi connectivity index (χ1n) is 8.10. The molecule has 3 heterocycles. The molecule has 2 aliphatic heterocycles. The van der Waals surface area contributed by atoms with Crippen molar-refractivity contribution in [2.75, 3.05) is 6.61 Å². The molecule has 0 N–H and O–H groups in total. The third-order valence-corrected chi connectivity index (χ3v) is 7.31. The predicted octanol–water partition coefficient (Wildman–Crippen LogP) is 6.38. The van der Waals surface area contributed by atoms with Crippen LogP contribution in [0.2, 0.25) is 5.02 Å². The molecule has 0 fully saturated rings. The second-order valence-electron chi connectivity index (χ2n) is 6.08. The zero-order valence-electron chi connectivity index (χ0n) is 13.2. The first-order valence-corrected chi connectivity index (χ1v) is 10.2. The molecular formula is C20H14ClNOS2. The minimum absolute atomic E-state index is 0.196. The Morgan fingerprint density at radius 2 is 2.00 bits per heavy atom. The first kappa shape index (κ1) is 15.5. The van der Waals surface area contributed by atoms with Crippen molar-refractivity contribution in [3.63, 3.8) is 0 Å². The monoisotopic (exact) mass is 383 g/mol. The van der Waals surface area contributed by atoms with Crippen LogP contribution < -0.4 is 4.74 Å². The Kier molecular flexibility index (Phi) is 3.85. The number of ether oxygens (including phenoxy) is 1. The van der Waals surface area contributed by atoms with E-state index in [4.69, 9.17) is 21.3 Å². The molecule has 2 aromatic carbocycles. The molecule has 124 valence electrons. The third-order valence-electron chi connectivity index (χ3n) is 4.54. The SMILES string of the molecule is Clc1ccc2c(c1)C1=Nc3ccccc3SC(c3cccs3)C1CO2. The molecule has 5 heteroatoms. The summed E-state index contributed by atoms with van der Waals surface area (Å²) in [6.07, 6.45) is 0. The lowest BCUT2D eigenvalue weighted by molar-refractivity contribution is 0.272. The lowest BCUT2D eigenvalue weighted by Crippen LogP contribution is -2.31. The van der Waals surface area contributed by atoms with Gasteiger partial charge in [0.25, 0.3) is 0 Å². The van der Waals surface area contributed by atoms with Crippen LogP contribution in [0.3, 0.4) is 0 Å². The summed E-state index contributed by atoms with van der Waals surface area (Å²) < 4.78 is 6.08. The van der Waals surface area contributed by atoms with Crippen LogP contribution >= 0.6 is 34.7 Å². The van der Waals surface area contributed by atoms with Crippen molar-refractivity contribution < 1.29 is 4.74 Å². The second kappa shape index (κ2) is 6.20. The number of thiophene rings is 1. The van der Waals surface area contributed by atoms with Crippen LogP contribution in [0, 0.1) is 5.92 Å². The molecule has 2 nitrogen and oxygen atoms in total. The van der Waals surface area contributed by atoms with Gasteiger partial charge >= 0.3 is 0 Å². The van der Waals surface area contributed by atoms with Crippen molar-refractivity contribution in [3.05, 3.63) is 75.4 Å². The van der Waals surface area contributed by atoms with E-state index in [1.54, 1.807) is 11.3 Å². The quantitative estimate of drug-likeness (QED) is 0.486. The largest absolute Gasteiger partial charge is 0.492 e. The average molecular weight is 384 g/mol. The molecule has 0 saturated carbocycles. The highest BCUT2D eigenvalue weighted by atomic mass is 35.5. The molecule has 25 heavy (non-hydrogen) atoms. The summed E-state index contributed by atoms with van der Waals surface area (Å²) >= 11 is 9.95. The van der Waals surface area contributed by atoms with Crippen LogP contribution in [0.25, 0.3) is 0 Å². The molecular weight excluding hydrogens is 370 g/mol. The van der Waals surface area contributed by atoms with Crippen molar-refractivity contribution in [2.24, 2.45) is 10.9 Å². The van der Waals surface area contributed by atoms with Crippen LogP contribution in [0.4, 0.5) is 5.69 Å². The fourth-order valence-corrected chi connectivity index (χ4v) is 5.85. The lowest BCUT2D eigenvalue weighted by Gasteiger charge is -2.31. The van der Waals surface area contributed by atoms with Crippen molar-refractivity contribution in [1.82, 2.24) is 0 Å². The molecule has 0 saturated heterocycles. The smallest absolute Gasteiger partial charge is 0.128 e. The number of fused-ring (bicyclic) bond motifs is 4. The Morgan fingerprint density at radius 3 is 2.88 bits per heavy atom. The van der Waals surface area contributed by atoms with Gasteiger partial charge in [0.2, 0.25) is 0 Å². The Bertz CT molecular complexity index is 968. The standard InChI is InChI=1S/C20H14ClNOS2/c21-12-7-8-16-13(10-12)19-14(11-23-16)20(18-6-3-9-24-18)25-17-5-2-1-4-15(17)22-19/h1-10,14,20H,11H2. The van der Waals surface area contributed by atoms with Crippen molar-refractivity contribution in [3.8, 4) is 5.75 Å². The van der Waals surface area contributed by atoms with Gasteiger partial charge in [-0.2, -0.15) is 0 Å². The van der Waals surface area contributed by atoms with E-state index >= 15 is 0 Å². The molecule has 2 atom stereocenters. The summed E-state index contributed by atoms with van der Waals surface area (Å²) in [7, 11) is 0. The number of aliphatic imine (C=N–C) groups is 1. The van der Waals surface area contributed by atoms with Crippen molar-refractivity contribution in [1.29, 1.82) is 0 Å². The number of hydrogen-bond donors (Lipinski definition) is 0. The Hall–Kier alpha value is -1.75. The van der Waals surface area contributed by atoms with Crippen LogP contribution in [0.15, 0.2) is 69.9 Å². The van der Waals surface area contributed by atoms with E-state index in [1.165, 1.54) is 9.77 Å². The van der Waals surface area contributed by atoms with E-state index in [2.05, 4.69) is 35.7 Å². The predicted molar refractivity (Wildman–Crippen MR) is 106 cm³/mol. The van der Waals surface area contributed by atoms with Gasteiger partial charge in [0.05, 0.1) is 29.2 Å². The van der Waals surface area contributed by atoms with Gasteiger partial charge in [0.1, 0.15) is 5.75 Å². The Balaban J connectivity index is 1.73. The van der Waals surface area contributed by atoms with E-state index in [0.717, 1.165) is 22.7 Å². The fourth-order valence-electron chi connectivity index (χ4n) is 3.37. The van der Waals surface area contributed by atoms with Crippen LogP contribution in [-0.2, 0) is 0 Å². The topological polar surface area (TPSA) is 21.6 Å². The summed E-state index contributed by atoms with van der Waals surface area (Å²) in [6.45, 7) is 0.636. The summed E-state index contributed by atoms with van der Waals surface area (Å²) in [6, 6.07) is 18.5. The molecule has 2 aliphatic rings. The molecule has 0 spiro atoms. The fraction of sp³-hybridized carbons (Fsp3) is 0.150. The zero-order valence-corrected chi connectivity index (χ0v) is 15.6. The van der Waals surface area contributed by atoms with E-state index in [0.29, 0.717) is 11.6 Å². The highest BCUT2D eigenvalue weighted by Crippen LogP contribution is 2.51. The minimum Gasteiger partial charge on any atom is -0.492 e. The summed E-state index contributed by atoms with van der Waals surface area (Å²) in [5, 5.41) is 3.14. The van der Waals surface area contributed by atoms with Crippen LogP contribution in [0.5, 0.6) is 5.75 Å². The Morgan fingerprint density at radius 1 is 1.08 bits per heavy atom. The van der Waals surface area contributed by atoms with E-state index < -0.39 is 0 Å². The third kappa shape index (κ3) is 2.69. The van der Waals surface area contributed by atoms with Gasteiger partial charge < -0.3 is 4.74 Å². The van der Waals surface area contributed by atoms with Crippen LogP contribution in [-0.4, -0.2) is 12.3 Å². The van der Waals surface area contributed by atoms with Gasteiger partial charge in [-0.15, -0.1) is 23.1 Å². The number of nitrogens with zero attached hydrogens (tertiary/aromatic N) is 1. The first-order chi connectivity index (χ1) is 12.3. The molecule has 0 aliphatic carbocycles. The van der Waals surface area contributed by atoms with Crippen LogP contribution in [0.1, 0.15) is 15.7 Å². The molecule has 0 bridgehead atoms. The van der Waals surface area contributed by atoms with E-state index in [1.807, 2.05) is 36.0 Å². The molecule has 2 unspecified atom stereocenters. The normalized spacial score (nSPS) is 21.2.